The summed E-state index contributed by atoms with van der Waals surface area (Å²) in [6, 6.07) is 6.96. The van der Waals surface area contributed by atoms with Gasteiger partial charge in [0.2, 0.25) is 5.91 Å². The van der Waals surface area contributed by atoms with Gasteiger partial charge in [0.15, 0.2) is 0 Å². The maximum Gasteiger partial charge on any atom is 0.490 e. The average Bonchev–Trinajstić information content (AvgIpc) is 3.11. The van der Waals surface area contributed by atoms with E-state index in [1.54, 1.807) is 14.1 Å². The number of amides is 1. The van der Waals surface area contributed by atoms with Crippen molar-refractivity contribution in [2.75, 3.05) is 33.9 Å². The predicted octanol–water partition coefficient (Wildman–Crippen LogP) is 2.30. The van der Waals surface area contributed by atoms with Crippen LogP contribution in [0, 0.1) is 5.82 Å². The second-order valence-electron chi connectivity index (χ2n) is 7.52. The van der Waals surface area contributed by atoms with Crippen LogP contribution in [0.1, 0.15) is 18.4 Å². The Hall–Kier alpha value is -2.24. The lowest BCUT2D eigenvalue weighted by Crippen LogP contribution is -2.51. The van der Waals surface area contributed by atoms with Crippen LogP contribution in [-0.2, 0) is 25.6 Å². The molecule has 3 atom stereocenters. The van der Waals surface area contributed by atoms with Crippen LogP contribution in [0.5, 0.6) is 0 Å². The summed E-state index contributed by atoms with van der Waals surface area (Å²) in [6.07, 6.45) is -3.22. The number of rotatable bonds is 5. The highest BCUT2D eigenvalue weighted by Crippen LogP contribution is 2.33. The highest BCUT2D eigenvalue weighted by atomic mass is 19.4. The highest BCUT2D eigenvalue weighted by molar-refractivity contribution is 5.76. The Morgan fingerprint density at radius 1 is 1.23 bits per heavy atom. The topological polar surface area (TPSA) is 79.3 Å². The summed E-state index contributed by atoms with van der Waals surface area (Å²) >= 11 is 0. The molecule has 1 aliphatic heterocycles. The van der Waals surface area contributed by atoms with E-state index in [1.807, 2.05) is 12.1 Å². The number of aliphatic carboxylic acids is 1. The van der Waals surface area contributed by atoms with Crippen LogP contribution in [0.15, 0.2) is 24.3 Å². The third-order valence-corrected chi connectivity index (χ3v) is 5.11. The Bertz CT molecular complexity index is 742. The summed E-state index contributed by atoms with van der Waals surface area (Å²) in [5, 5.41) is 7.12. The number of carbonyl (C=O) groups excluding carboxylic acids is 1. The van der Waals surface area contributed by atoms with E-state index in [2.05, 4.69) is 4.90 Å². The van der Waals surface area contributed by atoms with Crippen molar-refractivity contribution in [2.45, 2.75) is 43.8 Å². The quantitative estimate of drug-likeness (QED) is 0.694. The van der Waals surface area contributed by atoms with Crippen molar-refractivity contribution in [3.8, 4) is 0 Å². The number of ether oxygens (including phenoxy) is 2. The molecule has 174 valence electrons. The number of likely N-dealkylation sites (N-methyl/N-ethyl adjacent to an activating group) is 1. The molecule has 1 amide bonds. The van der Waals surface area contributed by atoms with Gasteiger partial charge in [0.05, 0.1) is 18.8 Å². The van der Waals surface area contributed by atoms with Gasteiger partial charge >= 0.3 is 12.1 Å². The van der Waals surface area contributed by atoms with Crippen molar-refractivity contribution in [3.63, 3.8) is 0 Å². The summed E-state index contributed by atoms with van der Waals surface area (Å²) in [5.74, 6) is -3.00. The van der Waals surface area contributed by atoms with Crippen molar-refractivity contribution in [3.05, 3.63) is 35.6 Å². The molecule has 1 saturated heterocycles. The van der Waals surface area contributed by atoms with Gasteiger partial charge in [-0.05, 0) is 30.5 Å². The third kappa shape index (κ3) is 7.44. The van der Waals surface area contributed by atoms with Crippen molar-refractivity contribution in [2.24, 2.45) is 0 Å². The fraction of sp³-hybridized carbons (Fsp3) is 0.600. The smallest absolute Gasteiger partial charge is 0.475 e. The maximum atomic E-state index is 13.1. The minimum atomic E-state index is -5.08. The van der Waals surface area contributed by atoms with Crippen molar-refractivity contribution in [1.29, 1.82) is 0 Å². The Morgan fingerprint density at radius 3 is 2.39 bits per heavy atom. The summed E-state index contributed by atoms with van der Waals surface area (Å²) in [6.45, 7) is 2.40. The molecule has 1 aromatic carbocycles. The number of benzene rings is 1. The largest absolute Gasteiger partial charge is 0.490 e. The Kier molecular flexibility index (Phi) is 8.78. The number of fused-ring (bicyclic) bond motifs is 1. The van der Waals surface area contributed by atoms with Crippen LogP contribution >= 0.6 is 0 Å². The first-order chi connectivity index (χ1) is 14.5. The number of halogens is 4. The van der Waals surface area contributed by atoms with Gasteiger partial charge in [0.1, 0.15) is 12.4 Å². The van der Waals surface area contributed by atoms with E-state index in [0.717, 1.165) is 31.5 Å². The van der Waals surface area contributed by atoms with Crippen molar-refractivity contribution >= 4 is 11.9 Å². The summed E-state index contributed by atoms with van der Waals surface area (Å²) < 4.78 is 56.6. The van der Waals surface area contributed by atoms with E-state index >= 15 is 0 Å². The summed E-state index contributed by atoms with van der Waals surface area (Å²) in [5.41, 5.74) is 1.10. The standard InChI is InChI=1S/C18H25FN2O3.C2HF3O2/c1-20(2)17(22)12-24-16-8-7-15-18(16)23-10-9-21(15)11-13-3-5-14(19)6-4-13;3-2(4,5)1(6)7/h3-6,15-16,18H,7-12H2,1-2H3;(H,6,7)/t15-,16+,18+;/m0./s1. The second kappa shape index (κ2) is 10.9. The fourth-order valence-electron chi connectivity index (χ4n) is 3.50. The number of carboxylic acids is 1. The first kappa shape index (κ1) is 25.0. The molecule has 0 unspecified atom stereocenters. The molecule has 1 N–H and O–H groups in total. The van der Waals surface area contributed by atoms with Crippen LogP contribution in [-0.4, -0.2) is 85.1 Å². The van der Waals surface area contributed by atoms with Crippen LogP contribution in [0.2, 0.25) is 0 Å². The Labute approximate surface area is 177 Å². The molecule has 1 aromatic rings. The molecular weight excluding hydrogens is 424 g/mol. The molecule has 1 saturated carbocycles. The number of nitrogens with zero attached hydrogens (tertiary/aromatic N) is 2. The first-order valence-electron chi connectivity index (χ1n) is 9.71. The summed E-state index contributed by atoms with van der Waals surface area (Å²) in [4.78, 5) is 24.5. The number of alkyl halides is 3. The van der Waals surface area contributed by atoms with Gasteiger partial charge in [-0.3, -0.25) is 9.69 Å². The maximum absolute atomic E-state index is 13.1. The van der Waals surface area contributed by atoms with Crippen LogP contribution in [0.25, 0.3) is 0 Å². The molecule has 2 aliphatic rings. The predicted molar refractivity (Wildman–Crippen MR) is 102 cm³/mol. The Balaban J connectivity index is 0.000000423. The van der Waals surface area contributed by atoms with E-state index in [1.165, 1.54) is 17.0 Å². The number of hydrogen-bond acceptors (Lipinski definition) is 5. The molecule has 3 rings (SSSR count). The molecule has 11 heteroatoms. The minimum Gasteiger partial charge on any atom is -0.475 e. The van der Waals surface area contributed by atoms with Gasteiger partial charge in [-0.1, -0.05) is 12.1 Å². The number of hydrogen-bond donors (Lipinski definition) is 1. The van der Waals surface area contributed by atoms with Crippen molar-refractivity contribution in [1.82, 2.24) is 9.80 Å². The zero-order valence-electron chi connectivity index (χ0n) is 17.3. The molecule has 2 fully saturated rings. The molecule has 0 aromatic heterocycles. The zero-order valence-corrected chi connectivity index (χ0v) is 17.3. The van der Waals surface area contributed by atoms with E-state index in [0.29, 0.717) is 12.6 Å². The van der Waals surface area contributed by atoms with Crippen LogP contribution in [0.3, 0.4) is 0 Å². The monoisotopic (exact) mass is 450 g/mol. The van der Waals surface area contributed by atoms with E-state index in [-0.39, 0.29) is 30.5 Å². The molecule has 31 heavy (non-hydrogen) atoms. The van der Waals surface area contributed by atoms with Crippen molar-refractivity contribution < 1.29 is 41.7 Å². The molecule has 7 nitrogen and oxygen atoms in total. The van der Waals surface area contributed by atoms with Gasteiger partial charge in [-0.25, -0.2) is 9.18 Å². The average molecular weight is 450 g/mol. The van der Waals surface area contributed by atoms with Gasteiger partial charge in [-0.15, -0.1) is 0 Å². The SMILES string of the molecule is CN(C)C(=O)CO[C@@H]1CC[C@H]2[C@H]1OCCN2Cc1ccc(F)cc1.O=C(O)C(F)(F)F. The van der Waals surface area contributed by atoms with E-state index in [9.17, 15) is 22.4 Å². The summed E-state index contributed by atoms with van der Waals surface area (Å²) in [7, 11) is 3.45. The number of morpholine rings is 1. The first-order valence-corrected chi connectivity index (χ1v) is 9.71. The Morgan fingerprint density at radius 2 is 1.84 bits per heavy atom. The lowest BCUT2D eigenvalue weighted by Gasteiger charge is -2.39. The highest BCUT2D eigenvalue weighted by Gasteiger charge is 2.43. The number of carbonyl (C=O) groups is 2. The molecule has 1 heterocycles. The van der Waals surface area contributed by atoms with Gasteiger partial charge in [0, 0.05) is 33.2 Å². The van der Waals surface area contributed by atoms with Gasteiger partial charge in [0.25, 0.3) is 0 Å². The lowest BCUT2D eigenvalue weighted by atomic mass is 10.1. The van der Waals surface area contributed by atoms with Gasteiger partial charge < -0.3 is 19.5 Å². The molecule has 1 aliphatic carbocycles. The molecule has 0 bridgehead atoms. The van der Waals surface area contributed by atoms with Crippen LogP contribution in [0.4, 0.5) is 17.6 Å². The third-order valence-electron chi connectivity index (χ3n) is 5.11. The van der Waals surface area contributed by atoms with Crippen LogP contribution < -0.4 is 0 Å². The molecular formula is C20H26F4N2O5. The van der Waals surface area contributed by atoms with Gasteiger partial charge in [-0.2, -0.15) is 13.2 Å². The number of carboxylic acid groups (broad SMARTS) is 1. The fourth-order valence-corrected chi connectivity index (χ4v) is 3.50. The molecule has 0 spiro atoms. The lowest BCUT2D eigenvalue weighted by molar-refractivity contribution is -0.192. The van der Waals surface area contributed by atoms with E-state index < -0.39 is 12.1 Å². The van der Waals surface area contributed by atoms with E-state index in [4.69, 9.17) is 19.4 Å². The molecule has 0 radical (unpaired) electrons. The zero-order chi connectivity index (χ0) is 23.2. The minimum absolute atomic E-state index is 0.00848. The second-order valence-corrected chi connectivity index (χ2v) is 7.52. The normalized spacial score (nSPS) is 23.5.